The Morgan fingerprint density at radius 1 is 0.885 bits per heavy atom. The van der Waals surface area contributed by atoms with Crippen molar-refractivity contribution in [3.8, 4) is 5.75 Å². The highest BCUT2D eigenvalue weighted by atomic mass is 16.3. The summed E-state index contributed by atoms with van der Waals surface area (Å²) < 4.78 is 0. The summed E-state index contributed by atoms with van der Waals surface area (Å²) >= 11 is 0. The summed E-state index contributed by atoms with van der Waals surface area (Å²) in [6.07, 6.45) is 10.8. The predicted molar refractivity (Wildman–Crippen MR) is 101 cm³/mol. The van der Waals surface area contributed by atoms with E-state index in [9.17, 15) is 14.7 Å². The van der Waals surface area contributed by atoms with Crippen LogP contribution in [0.2, 0.25) is 0 Å². The molecular formula is C21H30N2O3. The van der Waals surface area contributed by atoms with Gasteiger partial charge in [0.2, 0.25) is 5.91 Å². The van der Waals surface area contributed by atoms with Gasteiger partial charge in [-0.3, -0.25) is 9.59 Å². The first-order valence-electron chi connectivity index (χ1n) is 10.0. The lowest BCUT2D eigenvalue weighted by molar-refractivity contribution is -0.125. The average Bonchev–Trinajstić information content (AvgIpc) is 3.05. The molecule has 2 atom stereocenters. The smallest absolute Gasteiger partial charge is 0.251 e. The van der Waals surface area contributed by atoms with Crippen LogP contribution in [0.1, 0.15) is 74.6 Å². The van der Waals surface area contributed by atoms with E-state index in [4.69, 9.17) is 0 Å². The van der Waals surface area contributed by atoms with Crippen molar-refractivity contribution in [1.29, 1.82) is 0 Å². The van der Waals surface area contributed by atoms with Crippen LogP contribution in [-0.2, 0) is 4.79 Å². The fraction of sp³-hybridized carbons (Fsp3) is 0.619. The minimum atomic E-state index is -0.188. The third kappa shape index (κ3) is 5.23. The number of phenolic OH excluding ortho intramolecular Hbond substituents is 1. The van der Waals surface area contributed by atoms with Crippen LogP contribution in [0.25, 0.3) is 0 Å². The van der Waals surface area contributed by atoms with E-state index in [-0.39, 0.29) is 29.5 Å². The molecule has 0 saturated heterocycles. The topological polar surface area (TPSA) is 78.4 Å². The Kier molecular flexibility index (Phi) is 6.53. The summed E-state index contributed by atoms with van der Waals surface area (Å²) in [4.78, 5) is 24.9. The van der Waals surface area contributed by atoms with Crippen LogP contribution in [0.3, 0.4) is 0 Å². The van der Waals surface area contributed by atoms with E-state index < -0.39 is 0 Å². The zero-order chi connectivity index (χ0) is 18.4. The van der Waals surface area contributed by atoms with Gasteiger partial charge < -0.3 is 15.7 Å². The van der Waals surface area contributed by atoms with Gasteiger partial charge in [-0.15, -0.1) is 0 Å². The quantitative estimate of drug-likeness (QED) is 0.770. The Labute approximate surface area is 155 Å². The molecular weight excluding hydrogens is 328 g/mol. The van der Waals surface area contributed by atoms with Crippen LogP contribution in [0.4, 0.5) is 0 Å². The van der Waals surface area contributed by atoms with Crippen molar-refractivity contribution in [2.75, 3.05) is 0 Å². The molecule has 3 N–H and O–H groups in total. The molecule has 26 heavy (non-hydrogen) atoms. The second kappa shape index (κ2) is 9.06. The average molecular weight is 358 g/mol. The van der Waals surface area contributed by atoms with Gasteiger partial charge in [-0.25, -0.2) is 0 Å². The van der Waals surface area contributed by atoms with Crippen LogP contribution in [0, 0.1) is 5.92 Å². The largest absolute Gasteiger partial charge is 0.508 e. The first-order chi connectivity index (χ1) is 12.6. The van der Waals surface area contributed by atoms with Crippen molar-refractivity contribution in [2.24, 2.45) is 5.92 Å². The van der Waals surface area contributed by atoms with Gasteiger partial charge in [0.25, 0.3) is 5.91 Å². The molecule has 0 spiro atoms. The minimum absolute atomic E-state index is 0.00471. The van der Waals surface area contributed by atoms with Crippen molar-refractivity contribution < 1.29 is 14.7 Å². The van der Waals surface area contributed by atoms with Gasteiger partial charge in [-0.05, 0) is 50.3 Å². The lowest BCUT2D eigenvalue weighted by Gasteiger charge is -2.23. The molecule has 5 nitrogen and oxygen atoms in total. The van der Waals surface area contributed by atoms with Gasteiger partial charge in [-0.2, -0.15) is 0 Å². The number of hydrogen-bond donors (Lipinski definition) is 3. The number of carbonyl (C=O) groups excluding carboxylic acids is 2. The Morgan fingerprint density at radius 2 is 1.62 bits per heavy atom. The molecule has 1 aromatic rings. The second-order valence-corrected chi connectivity index (χ2v) is 7.78. The zero-order valence-electron chi connectivity index (χ0n) is 15.4. The maximum absolute atomic E-state index is 12.6. The molecule has 0 bridgehead atoms. The second-order valence-electron chi connectivity index (χ2n) is 7.78. The SMILES string of the molecule is O=C(NC1CCC(C(=O)NC2CCCCCCC2)C1)c1cccc(O)c1. The van der Waals surface area contributed by atoms with Gasteiger partial charge in [0.1, 0.15) is 5.75 Å². The molecule has 2 fully saturated rings. The Morgan fingerprint density at radius 3 is 2.35 bits per heavy atom. The summed E-state index contributed by atoms with van der Waals surface area (Å²) in [6.45, 7) is 0. The summed E-state index contributed by atoms with van der Waals surface area (Å²) in [5.41, 5.74) is 0.451. The van der Waals surface area contributed by atoms with Gasteiger partial charge >= 0.3 is 0 Å². The van der Waals surface area contributed by atoms with Crippen LogP contribution < -0.4 is 10.6 Å². The molecule has 2 amide bonds. The van der Waals surface area contributed by atoms with E-state index in [1.165, 1.54) is 38.2 Å². The van der Waals surface area contributed by atoms with E-state index in [1.54, 1.807) is 18.2 Å². The maximum Gasteiger partial charge on any atom is 0.251 e. The molecule has 0 aromatic heterocycles. The van der Waals surface area contributed by atoms with Gasteiger partial charge in [0.15, 0.2) is 0 Å². The van der Waals surface area contributed by atoms with E-state index in [0.717, 1.165) is 25.7 Å². The monoisotopic (exact) mass is 358 g/mol. The predicted octanol–water partition coefficient (Wildman–Crippen LogP) is 3.52. The molecule has 5 heteroatoms. The van der Waals surface area contributed by atoms with Crippen LogP contribution in [0.5, 0.6) is 5.75 Å². The van der Waals surface area contributed by atoms with E-state index >= 15 is 0 Å². The summed E-state index contributed by atoms with van der Waals surface area (Å²) in [5, 5.41) is 15.8. The summed E-state index contributed by atoms with van der Waals surface area (Å²) in [6, 6.07) is 6.69. The molecule has 2 unspecified atom stereocenters. The number of carbonyl (C=O) groups is 2. The number of rotatable bonds is 4. The zero-order valence-corrected chi connectivity index (χ0v) is 15.4. The van der Waals surface area contributed by atoms with Gasteiger partial charge in [-0.1, -0.05) is 38.2 Å². The van der Waals surface area contributed by atoms with Crippen molar-refractivity contribution >= 4 is 11.8 Å². The van der Waals surface area contributed by atoms with Gasteiger partial charge in [0, 0.05) is 23.6 Å². The molecule has 1 aromatic carbocycles. The molecule has 0 aliphatic heterocycles. The maximum atomic E-state index is 12.6. The highest BCUT2D eigenvalue weighted by molar-refractivity contribution is 5.94. The molecule has 2 aliphatic rings. The summed E-state index contributed by atoms with van der Waals surface area (Å²) in [5.74, 6) is 0.0482. The highest BCUT2D eigenvalue weighted by Gasteiger charge is 2.31. The molecule has 3 rings (SSSR count). The minimum Gasteiger partial charge on any atom is -0.508 e. The molecule has 0 radical (unpaired) electrons. The number of amides is 2. The standard InChI is InChI=1S/C21H30N2O3/c24-19-10-6-7-15(14-19)20(25)23-18-12-11-16(13-18)21(26)22-17-8-4-2-1-3-5-9-17/h6-7,10,14,16-18,24H,1-5,8-9,11-13H2,(H,22,26)(H,23,25). The van der Waals surface area contributed by atoms with Crippen molar-refractivity contribution in [3.05, 3.63) is 29.8 Å². The van der Waals surface area contributed by atoms with E-state index in [1.807, 2.05) is 0 Å². The molecule has 142 valence electrons. The lowest BCUT2D eigenvalue weighted by Crippen LogP contribution is -2.39. The molecule has 0 heterocycles. The fourth-order valence-electron chi connectivity index (χ4n) is 4.19. The van der Waals surface area contributed by atoms with Crippen molar-refractivity contribution in [3.63, 3.8) is 0 Å². The first kappa shape index (κ1) is 18.7. The highest BCUT2D eigenvalue weighted by Crippen LogP contribution is 2.27. The van der Waals surface area contributed by atoms with Crippen molar-refractivity contribution in [1.82, 2.24) is 10.6 Å². The summed E-state index contributed by atoms with van der Waals surface area (Å²) in [7, 11) is 0. The van der Waals surface area contributed by atoms with Crippen LogP contribution in [-0.4, -0.2) is 29.0 Å². The van der Waals surface area contributed by atoms with Gasteiger partial charge in [0.05, 0.1) is 0 Å². The fourth-order valence-corrected chi connectivity index (χ4v) is 4.19. The number of hydrogen-bond acceptors (Lipinski definition) is 3. The number of aromatic hydroxyl groups is 1. The first-order valence-corrected chi connectivity index (χ1v) is 10.0. The lowest BCUT2D eigenvalue weighted by atomic mass is 9.96. The molecule has 2 aliphatic carbocycles. The number of nitrogens with one attached hydrogen (secondary N) is 2. The normalized spacial score (nSPS) is 24.5. The van der Waals surface area contributed by atoms with Crippen molar-refractivity contribution in [2.45, 2.75) is 76.3 Å². The molecule has 2 saturated carbocycles. The van der Waals surface area contributed by atoms with Crippen LogP contribution >= 0.6 is 0 Å². The van der Waals surface area contributed by atoms with E-state index in [2.05, 4.69) is 10.6 Å². The van der Waals surface area contributed by atoms with Crippen LogP contribution in [0.15, 0.2) is 24.3 Å². The third-order valence-corrected chi connectivity index (χ3v) is 5.70. The Balaban J connectivity index is 1.46. The number of phenols is 1. The Hall–Kier alpha value is -2.04. The van der Waals surface area contributed by atoms with E-state index in [0.29, 0.717) is 18.0 Å². The number of benzene rings is 1. The Bertz CT molecular complexity index is 623. The third-order valence-electron chi connectivity index (χ3n) is 5.70.